The highest BCUT2D eigenvalue weighted by Crippen LogP contribution is 2.67. The van der Waals surface area contributed by atoms with Gasteiger partial charge in [-0.3, -0.25) is 4.98 Å². The average Bonchev–Trinajstić information content (AvgIpc) is 2.83. The van der Waals surface area contributed by atoms with Gasteiger partial charge in [-0.1, -0.05) is 18.4 Å². The number of nitrogens with zero attached hydrogens (tertiary/aromatic N) is 2. The zero-order chi connectivity index (χ0) is 13.5. The normalized spacial score (nSPS) is 31.7. The summed E-state index contributed by atoms with van der Waals surface area (Å²) in [5.41, 5.74) is 7.04. The summed E-state index contributed by atoms with van der Waals surface area (Å²) < 4.78 is 5.46. The van der Waals surface area contributed by atoms with E-state index in [0.29, 0.717) is 11.8 Å². The Morgan fingerprint density at radius 3 is 2.79 bits per heavy atom. The minimum Gasteiger partial charge on any atom is -0.424 e. The minimum absolute atomic E-state index is 0.227. The van der Waals surface area contributed by atoms with Crippen LogP contribution in [0.3, 0.4) is 0 Å². The monoisotopic (exact) mass is 252 g/mol. The fourth-order valence-corrected chi connectivity index (χ4v) is 3.60. The highest BCUT2D eigenvalue weighted by molar-refractivity contribution is 6.53. The molecule has 0 aromatic carbocycles. The molecule has 1 aliphatic carbocycles. The second-order valence-corrected chi connectivity index (χ2v) is 5.39. The van der Waals surface area contributed by atoms with Crippen LogP contribution in [-0.2, 0) is 10.1 Å². The van der Waals surface area contributed by atoms with Gasteiger partial charge >= 0.3 is 0 Å². The van der Waals surface area contributed by atoms with Crippen molar-refractivity contribution in [2.75, 3.05) is 6.73 Å². The molecule has 1 saturated carbocycles. The molecule has 2 heterocycles. The largest absolute Gasteiger partial charge is 0.424 e. The lowest BCUT2D eigenvalue weighted by Crippen LogP contribution is -2.26. The molecule has 2 N–H and O–H groups in total. The number of rotatable bonds is 4. The van der Waals surface area contributed by atoms with E-state index in [1.807, 2.05) is 32.4 Å². The topological polar surface area (TPSA) is 71.9 Å². The van der Waals surface area contributed by atoms with Crippen molar-refractivity contribution in [3.63, 3.8) is 0 Å². The molecule has 1 aromatic rings. The molecular formula is C13H16B2N3O. The predicted octanol–water partition coefficient (Wildman–Crippen LogP) is 0.404. The number of nitriles is 1. The number of fused-ring (bicyclic) bond motifs is 1. The number of hydrogen-bond acceptors (Lipinski definition) is 4. The summed E-state index contributed by atoms with van der Waals surface area (Å²) in [6.07, 6.45) is 3.70. The van der Waals surface area contributed by atoms with E-state index in [0.717, 1.165) is 23.8 Å². The Morgan fingerprint density at radius 2 is 2.32 bits per heavy atom. The van der Waals surface area contributed by atoms with Crippen molar-refractivity contribution in [2.24, 2.45) is 17.6 Å². The van der Waals surface area contributed by atoms with Crippen molar-refractivity contribution in [1.82, 2.24) is 4.98 Å². The van der Waals surface area contributed by atoms with Crippen LogP contribution in [0.15, 0.2) is 18.3 Å². The zero-order valence-corrected chi connectivity index (χ0v) is 11.0. The molecule has 2 unspecified atom stereocenters. The molecule has 1 radical (unpaired) electrons. The fourth-order valence-electron chi connectivity index (χ4n) is 3.60. The molecule has 2 atom stereocenters. The summed E-state index contributed by atoms with van der Waals surface area (Å²) in [6, 6.07) is 6.54. The van der Waals surface area contributed by atoms with Gasteiger partial charge in [0.15, 0.2) is 0 Å². The van der Waals surface area contributed by atoms with Gasteiger partial charge < -0.3 is 10.4 Å². The molecule has 1 aliphatic heterocycles. The summed E-state index contributed by atoms with van der Waals surface area (Å²) in [5.74, 6) is 0.774. The van der Waals surface area contributed by atoms with E-state index in [2.05, 4.69) is 11.1 Å². The van der Waals surface area contributed by atoms with Crippen LogP contribution in [0.1, 0.15) is 5.69 Å². The van der Waals surface area contributed by atoms with Crippen LogP contribution in [0.5, 0.6) is 0 Å². The standard InChI is InChI=1S/C13H16B2N3O/c1-14-9-2-3-12(18-6-9)13(7-16)10-4-15(19-8-17)5-11(10)13/h2-3,6,10-11H,4-5,8,17H2,1H3. The van der Waals surface area contributed by atoms with Gasteiger partial charge in [0.2, 0.25) is 0 Å². The van der Waals surface area contributed by atoms with E-state index < -0.39 is 0 Å². The molecule has 4 nitrogen and oxygen atoms in total. The Kier molecular flexibility index (Phi) is 3.12. The van der Waals surface area contributed by atoms with Crippen molar-refractivity contribution >= 4 is 19.7 Å². The van der Waals surface area contributed by atoms with Crippen molar-refractivity contribution in [1.29, 1.82) is 5.26 Å². The van der Waals surface area contributed by atoms with Gasteiger partial charge in [-0.05, 0) is 30.5 Å². The highest BCUT2D eigenvalue weighted by Gasteiger charge is 2.71. The fraction of sp³-hybridized carbons (Fsp3) is 0.538. The molecule has 0 bridgehead atoms. The van der Waals surface area contributed by atoms with Gasteiger partial charge in [0.1, 0.15) is 12.7 Å². The van der Waals surface area contributed by atoms with Gasteiger partial charge in [0.25, 0.3) is 6.92 Å². The predicted molar refractivity (Wildman–Crippen MR) is 75.3 cm³/mol. The molecule has 3 rings (SSSR count). The maximum Gasteiger partial charge on any atom is 0.295 e. The second kappa shape index (κ2) is 4.66. The van der Waals surface area contributed by atoms with Crippen LogP contribution in [0.4, 0.5) is 0 Å². The number of pyridine rings is 1. The number of aromatic nitrogens is 1. The van der Waals surface area contributed by atoms with Crippen molar-refractivity contribution in [3.05, 3.63) is 24.0 Å². The van der Waals surface area contributed by atoms with Crippen LogP contribution >= 0.6 is 0 Å². The third-order valence-electron chi connectivity index (χ3n) is 4.64. The van der Waals surface area contributed by atoms with Gasteiger partial charge in [-0.15, -0.1) is 0 Å². The lowest BCUT2D eigenvalue weighted by molar-refractivity contribution is 0.330. The lowest BCUT2D eigenvalue weighted by Gasteiger charge is -2.16. The zero-order valence-electron chi connectivity index (χ0n) is 11.0. The van der Waals surface area contributed by atoms with Crippen molar-refractivity contribution in [3.8, 4) is 6.07 Å². The first-order chi connectivity index (χ1) is 9.26. The summed E-state index contributed by atoms with van der Waals surface area (Å²) in [7, 11) is 2.01. The van der Waals surface area contributed by atoms with E-state index in [9.17, 15) is 5.26 Å². The molecule has 0 spiro atoms. The Balaban J connectivity index is 1.79. The molecule has 0 amide bonds. The van der Waals surface area contributed by atoms with Crippen LogP contribution in [0.25, 0.3) is 0 Å². The van der Waals surface area contributed by atoms with Crippen molar-refractivity contribution in [2.45, 2.75) is 24.9 Å². The van der Waals surface area contributed by atoms with Gasteiger partial charge in [0.05, 0.1) is 18.5 Å². The van der Waals surface area contributed by atoms with Crippen LogP contribution in [-0.4, -0.2) is 25.9 Å². The lowest BCUT2D eigenvalue weighted by atomic mass is 9.60. The molecular weight excluding hydrogens is 236 g/mol. The summed E-state index contributed by atoms with van der Waals surface area (Å²) in [4.78, 5) is 4.49. The first kappa shape index (κ1) is 12.7. The smallest absolute Gasteiger partial charge is 0.295 e. The summed E-state index contributed by atoms with van der Waals surface area (Å²) >= 11 is 0. The highest BCUT2D eigenvalue weighted by atomic mass is 16.4. The van der Waals surface area contributed by atoms with E-state index in [-0.39, 0.29) is 19.1 Å². The average molecular weight is 252 g/mol. The van der Waals surface area contributed by atoms with Crippen LogP contribution < -0.4 is 11.2 Å². The Labute approximate surface area is 114 Å². The van der Waals surface area contributed by atoms with Gasteiger partial charge in [-0.25, -0.2) is 0 Å². The Hall–Kier alpha value is -1.31. The maximum absolute atomic E-state index is 9.60. The third-order valence-corrected chi connectivity index (χ3v) is 4.64. The summed E-state index contributed by atoms with van der Waals surface area (Å²) in [5, 5.41) is 9.60. The van der Waals surface area contributed by atoms with Crippen molar-refractivity contribution < 1.29 is 4.65 Å². The summed E-state index contributed by atoms with van der Waals surface area (Å²) in [6.45, 7) is 2.48. The van der Waals surface area contributed by atoms with Crippen LogP contribution in [0, 0.1) is 23.2 Å². The quantitative estimate of drug-likeness (QED) is 0.622. The minimum atomic E-state index is -0.374. The maximum atomic E-state index is 9.60. The van der Waals surface area contributed by atoms with E-state index >= 15 is 0 Å². The first-order valence-corrected chi connectivity index (χ1v) is 6.75. The molecule has 95 valence electrons. The number of nitrogens with two attached hydrogens (primary N) is 1. The van der Waals surface area contributed by atoms with Gasteiger partial charge in [0, 0.05) is 6.20 Å². The molecule has 6 heteroatoms. The molecule has 2 fully saturated rings. The van der Waals surface area contributed by atoms with E-state index in [4.69, 9.17) is 10.4 Å². The Morgan fingerprint density at radius 1 is 1.58 bits per heavy atom. The van der Waals surface area contributed by atoms with Gasteiger partial charge in [-0.2, -0.15) is 5.26 Å². The number of hydrogen-bond donors (Lipinski definition) is 1. The molecule has 1 aromatic heterocycles. The van der Waals surface area contributed by atoms with E-state index in [1.54, 1.807) is 0 Å². The van der Waals surface area contributed by atoms with E-state index in [1.165, 1.54) is 0 Å². The molecule has 19 heavy (non-hydrogen) atoms. The second-order valence-electron chi connectivity index (χ2n) is 5.39. The molecule has 2 aliphatic rings. The first-order valence-electron chi connectivity index (χ1n) is 6.75. The SMILES string of the molecule is C[B]c1ccc(C2(C#N)C3CB(OCN)CC32)nc1. The van der Waals surface area contributed by atoms with Crippen LogP contribution in [0.2, 0.25) is 19.5 Å². The third kappa shape index (κ3) is 1.80. The Bertz CT molecular complexity index is 502. The molecule has 1 saturated heterocycles.